The molecule has 0 saturated carbocycles. The van der Waals surface area contributed by atoms with Crippen LogP contribution >= 0.6 is 0 Å². The second-order valence-electron chi connectivity index (χ2n) is 8.10. The molecule has 3 unspecified atom stereocenters. The van der Waals surface area contributed by atoms with E-state index in [1.807, 2.05) is 0 Å². The summed E-state index contributed by atoms with van der Waals surface area (Å²) in [7, 11) is 0. The van der Waals surface area contributed by atoms with Gasteiger partial charge in [-0.05, 0) is 0 Å². The standard InChI is InChI=1S/C18H34O16/c19-1-5(23)9(25)15(6(24)2-20)33-18-14(30)12(28)16(8(4-22)32-18)34-17-13(29)11(27)10(26)7(3-21)31-17/h5-30H,1-4H2/t5-,6+,7+,8?,9?,10+,11-,12+,13+,14+,15+,16?,17+,18+/m0/s1. The second-order valence-corrected chi connectivity index (χ2v) is 8.10. The van der Waals surface area contributed by atoms with Crippen molar-refractivity contribution < 1.29 is 80.2 Å². The van der Waals surface area contributed by atoms with Gasteiger partial charge in [0, 0.05) is 0 Å². The quantitative estimate of drug-likeness (QED) is 0.124. The predicted octanol–water partition coefficient (Wildman–Crippen LogP) is -7.94. The third-order valence-electron chi connectivity index (χ3n) is 5.74. The van der Waals surface area contributed by atoms with Crippen LogP contribution in [-0.4, -0.2) is 174 Å². The molecule has 2 saturated heterocycles. The number of rotatable bonds is 11. The second kappa shape index (κ2) is 13.1. The van der Waals surface area contributed by atoms with E-state index < -0.39 is 112 Å². The Kier molecular flexibility index (Phi) is 11.4. The summed E-state index contributed by atoms with van der Waals surface area (Å²) in [6, 6.07) is 0. The Morgan fingerprint density at radius 1 is 0.618 bits per heavy atom. The van der Waals surface area contributed by atoms with Crippen molar-refractivity contribution in [2.24, 2.45) is 0 Å². The van der Waals surface area contributed by atoms with Crippen molar-refractivity contribution >= 4 is 0 Å². The van der Waals surface area contributed by atoms with E-state index in [0.717, 1.165) is 0 Å². The Morgan fingerprint density at radius 3 is 1.68 bits per heavy atom. The molecule has 202 valence electrons. The van der Waals surface area contributed by atoms with Crippen LogP contribution in [0.25, 0.3) is 0 Å². The highest BCUT2D eigenvalue weighted by Gasteiger charge is 2.51. The normalized spacial score (nSPS) is 42.7. The fourth-order valence-corrected chi connectivity index (χ4v) is 3.65. The van der Waals surface area contributed by atoms with Crippen LogP contribution in [-0.2, 0) is 18.9 Å². The minimum atomic E-state index is -1.98. The fourth-order valence-electron chi connectivity index (χ4n) is 3.65. The molecular formula is C18H34O16. The summed E-state index contributed by atoms with van der Waals surface area (Å²) >= 11 is 0. The van der Waals surface area contributed by atoms with Crippen LogP contribution < -0.4 is 0 Å². The first kappa shape index (κ1) is 29.6. The summed E-state index contributed by atoms with van der Waals surface area (Å²) < 4.78 is 21.2. The average Bonchev–Trinajstić information content (AvgIpc) is 2.84. The van der Waals surface area contributed by atoms with Crippen molar-refractivity contribution in [2.45, 2.75) is 85.8 Å². The van der Waals surface area contributed by atoms with Crippen molar-refractivity contribution in [3.05, 3.63) is 0 Å². The highest BCUT2D eigenvalue weighted by atomic mass is 16.7. The maximum absolute atomic E-state index is 10.6. The van der Waals surface area contributed by atoms with Crippen LogP contribution in [0.3, 0.4) is 0 Å². The van der Waals surface area contributed by atoms with E-state index in [-0.39, 0.29) is 0 Å². The lowest BCUT2D eigenvalue weighted by Crippen LogP contribution is -2.65. The van der Waals surface area contributed by atoms with Gasteiger partial charge in [-0.3, -0.25) is 0 Å². The summed E-state index contributed by atoms with van der Waals surface area (Å²) in [4.78, 5) is 0. The molecule has 0 amide bonds. The zero-order valence-corrected chi connectivity index (χ0v) is 17.9. The maximum Gasteiger partial charge on any atom is 0.187 e. The lowest BCUT2D eigenvalue weighted by molar-refractivity contribution is -0.367. The number of aliphatic hydroxyl groups excluding tert-OH is 12. The van der Waals surface area contributed by atoms with Gasteiger partial charge < -0.3 is 80.2 Å². The van der Waals surface area contributed by atoms with Crippen LogP contribution in [0, 0.1) is 0 Å². The van der Waals surface area contributed by atoms with Crippen molar-refractivity contribution in [2.75, 3.05) is 26.4 Å². The molecule has 0 aromatic heterocycles. The summed E-state index contributed by atoms with van der Waals surface area (Å²) in [5.41, 5.74) is 0. The van der Waals surface area contributed by atoms with Gasteiger partial charge in [0.15, 0.2) is 12.6 Å². The molecule has 0 radical (unpaired) electrons. The summed E-state index contributed by atoms with van der Waals surface area (Å²) in [5, 5.41) is 118. The predicted molar refractivity (Wildman–Crippen MR) is 103 cm³/mol. The third kappa shape index (κ3) is 6.37. The SMILES string of the molecule is OCC1O[C@H](O[C@@H](C(O)[C@@H](O)CO)[C@H](O)CO)[C@H](O)[C@@H](O)C1O[C@H]1O[C@H](CO)[C@@H](O)[C@H](O)[C@H]1O. The van der Waals surface area contributed by atoms with Gasteiger partial charge in [-0.15, -0.1) is 0 Å². The number of hydrogen-bond donors (Lipinski definition) is 12. The van der Waals surface area contributed by atoms with Crippen molar-refractivity contribution in [3.63, 3.8) is 0 Å². The monoisotopic (exact) mass is 506 g/mol. The lowest BCUT2D eigenvalue weighted by atomic mass is 9.96. The lowest BCUT2D eigenvalue weighted by Gasteiger charge is -2.46. The molecule has 2 rings (SSSR count). The first-order valence-corrected chi connectivity index (χ1v) is 10.5. The summed E-state index contributed by atoms with van der Waals surface area (Å²) in [6.07, 6.45) is -24.7. The van der Waals surface area contributed by atoms with Gasteiger partial charge in [-0.25, -0.2) is 0 Å². The van der Waals surface area contributed by atoms with Crippen LogP contribution in [0.2, 0.25) is 0 Å². The Hall–Kier alpha value is -0.640. The zero-order valence-electron chi connectivity index (χ0n) is 17.9. The molecule has 2 fully saturated rings. The van der Waals surface area contributed by atoms with E-state index in [2.05, 4.69) is 0 Å². The minimum Gasteiger partial charge on any atom is -0.394 e. The van der Waals surface area contributed by atoms with Crippen molar-refractivity contribution in [1.82, 2.24) is 0 Å². The average molecular weight is 506 g/mol. The van der Waals surface area contributed by atoms with Gasteiger partial charge in [0.1, 0.15) is 73.2 Å². The van der Waals surface area contributed by atoms with Gasteiger partial charge >= 0.3 is 0 Å². The number of ether oxygens (including phenoxy) is 4. The van der Waals surface area contributed by atoms with Crippen LogP contribution in [0.5, 0.6) is 0 Å². The van der Waals surface area contributed by atoms with Crippen molar-refractivity contribution in [1.29, 1.82) is 0 Å². The molecule has 0 aromatic rings. The molecule has 12 N–H and O–H groups in total. The maximum atomic E-state index is 10.6. The van der Waals surface area contributed by atoms with E-state index in [4.69, 9.17) is 24.1 Å². The smallest absolute Gasteiger partial charge is 0.187 e. The van der Waals surface area contributed by atoms with Gasteiger partial charge in [-0.2, -0.15) is 0 Å². The molecule has 14 atom stereocenters. The van der Waals surface area contributed by atoms with E-state index in [1.54, 1.807) is 0 Å². The Balaban J connectivity index is 2.17. The van der Waals surface area contributed by atoms with E-state index in [0.29, 0.717) is 0 Å². The Bertz CT molecular complexity index is 594. The highest BCUT2D eigenvalue weighted by molar-refractivity contribution is 4.95. The number of aliphatic hydroxyl groups is 12. The van der Waals surface area contributed by atoms with Gasteiger partial charge in [0.05, 0.1) is 26.4 Å². The molecule has 0 aliphatic carbocycles. The molecule has 16 heteroatoms. The third-order valence-corrected chi connectivity index (χ3v) is 5.74. The first-order chi connectivity index (χ1) is 16.0. The largest absolute Gasteiger partial charge is 0.394 e. The van der Waals surface area contributed by atoms with E-state index in [9.17, 15) is 56.2 Å². The van der Waals surface area contributed by atoms with Gasteiger partial charge in [0.25, 0.3) is 0 Å². The van der Waals surface area contributed by atoms with Crippen LogP contribution in [0.1, 0.15) is 0 Å². The number of hydrogen-bond acceptors (Lipinski definition) is 16. The summed E-state index contributed by atoms with van der Waals surface area (Å²) in [6.45, 7) is -3.52. The zero-order chi connectivity index (χ0) is 25.7. The molecule has 2 aliphatic heterocycles. The molecule has 34 heavy (non-hydrogen) atoms. The molecule has 2 heterocycles. The van der Waals surface area contributed by atoms with Crippen LogP contribution in [0.15, 0.2) is 0 Å². The molecule has 0 aromatic carbocycles. The molecule has 2 aliphatic rings. The molecule has 0 bridgehead atoms. The highest BCUT2D eigenvalue weighted by Crippen LogP contribution is 2.30. The molecular weight excluding hydrogens is 472 g/mol. The minimum absolute atomic E-state index is 0.757. The molecule has 16 nitrogen and oxygen atoms in total. The van der Waals surface area contributed by atoms with Gasteiger partial charge in [0.2, 0.25) is 0 Å². The van der Waals surface area contributed by atoms with Crippen LogP contribution in [0.4, 0.5) is 0 Å². The topological polar surface area (TPSA) is 280 Å². The van der Waals surface area contributed by atoms with E-state index in [1.165, 1.54) is 0 Å². The fraction of sp³-hybridized carbons (Fsp3) is 1.00. The Labute approximate surface area is 193 Å². The molecule has 0 spiro atoms. The van der Waals surface area contributed by atoms with Gasteiger partial charge in [-0.1, -0.05) is 0 Å². The Morgan fingerprint density at radius 2 is 1.15 bits per heavy atom. The first-order valence-electron chi connectivity index (χ1n) is 10.5. The van der Waals surface area contributed by atoms with Crippen molar-refractivity contribution in [3.8, 4) is 0 Å². The van der Waals surface area contributed by atoms with E-state index >= 15 is 0 Å². The summed E-state index contributed by atoms with van der Waals surface area (Å²) in [5.74, 6) is 0.